The van der Waals surface area contributed by atoms with Crippen molar-refractivity contribution in [2.45, 2.75) is 26.3 Å². The van der Waals surface area contributed by atoms with Crippen LogP contribution < -0.4 is 11.1 Å². The average molecular weight is 243 g/mol. The van der Waals surface area contributed by atoms with Crippen molar-refractivity contribution in [1.29, 1.82) is 0 Å². The van der Waals surface area contributed by atoms with Gasteiger partial charge in [-0.15, -0.1) is 0 Å². The maximum atomic E-state index is 13.5. The summed E-state index contributed by atoms with van der Waals surface area (Å²) in [5.74, 6) is -0.988. The Balaban J connectivity index is 2.78. The van der Waals surface area contributed by atoms with Gasteiger partial charge < -0.3 is 16.3 Å². The number of oxime groups is 1. The average Bonchev–Trinajstić information content (AvgIpc) is 2.25. The first-order chi connectivity index (χ1) is 7.93. The van der Waals surface area contributed by atoms with E-state index in [1.165, 1.54) is 6.92 Å². The van der Waals surface area contributed by atoms with Gasteiger partial charge in [-0.25, -0.2) is 8.78 Å². The lowest BCUT2D eigenvalue weighted by Gasteiger charge is -2.15. The van der Waals surface area contributed by atoms with Crippen molar-refractivity contribution in [3.8, 4) is 0 Å². The molecule has 0 saturated heterocycles. The first kappa shape index (κ1) is 13.2. The summed E-state index contributed by atoms with van der Waals surface area (Å²) in [5.41, 5.74) is 5.62. The van der Waals surface area contributed by atoms with E-state index in [0.29, 0.717) is 0 Å². The third kappa shape index (κ3) is 3.58. The molecule has 0 fully saturated rings. The first-order valence-electron chi connectivity index (χ1n) is 5.12. The molecule has 94 valence electrons. The number of hydrogen-bond donors (Lipinski definition) is 3. The van der Waals surface area contributed by atoms with Gasteiger partial charge in [-0.3, -0.25) is 0 Å². The minimum Gasteiger partial charge on any atom is -0.409 e. The minimum atomic E-state index is -0.532. The number of nitrogens with zero attached hydrogens (tertiary/aromatic N) is 1. The van der Waals surface area contributed by atoms with E-state index >= 15 is 0 Å². The molecular weight excluding hydrogens is 228 g/mol. The monoisotopic (exact) mass is 243 g/mol. The van der Waals surface area contributed by atoms with E-state index in [9.17, 15) is 8.78 Å². The Labute approximate surface area is 98.1 Å². The molecule has 1 atom stereocenters. The van der Waals surface area contributed by atoms with Gasteiger partial charge >= 0.3 is 0 Å². The Morgan fingerprint density at radius 1 is 1.47 bits per heavy atom. The molecule has 1 unspecified atom stereocenters. The number of amidine groups is 1. The van der Waals surface area contributed by atoms with Crippen LogP contribution in [0.25, 0.3) is 0 Å². The summed E-state index contributed by atoms with van der Waals surface area (Å²) in [7, 11) is 0. The second kappa shape index (κ2) is 5.47. The highest BCUT2D eigenvalue weighted by Crippen LogP contribution is 2.20. The summed E-state index contributed by atoms with van der Waals surface area (Å²) in [4.78, 5) is 0. The van der Waals surface area contributed by atoms with E-state index in [1.807, 2.05) is 0 Å². The first-order valence-corrected chi connectivity index (χ1v) is 5.12. The van der Waals surface area contributed by atoms with Crippen LogP contribution in [0.4, 0.5) is 14.5 Å². The Kier molecular flexibility index (Phi) is 4.25. The highest BCUT2D eigenvalue weighted by atomic mass is 19.1. The second-order valence-corrected chi connectivity index (χ2v) is 3.92. The zero-order valence-electron chi connectivity index (χ0n) is 9.67. The van der Waals surface area contributed by atoms with Gasteiger partial charge in [0.1, 0.15) is 17.5 Å². The van der Waals surface area contributed by atoms with Crippen LogP contribution in [-0.2, 0) is 0 Å². The number of aryl methyl sites for hydroxylation is 1. The third-order valence-electron chi connectivity index (χ3n) is 2.29. The number of anilines is 1. The van der Waals surface area contributed by atoms with Gasteiger partial charge in [0.25, 0.3) is 0 Å². The molecule has 4 nitrogen and oxygen atoms in total. The van der Waals surface area contributed by atoms with E-state index in [4.69, 9.17) is 10.9 Å². The standard InChI is InChI=1S/C11H15F2N3O/c1-6-3-9(13)10(5-8(6)12)15-7(2)4-11(14)16-17/h3,5,7,15,17H,4H2,1-2H3,(H2,14,16). The molecule has 0 aliphatic carbocycles. The lowest BCUT2D eigenvalue weighted by molar-refractivity contribution is 0.316. The summed E-state index contributed by atoms with van der Waals surface area (Å²) in [5, 5.41) is 14.0. The summed E-state index contributed by atoms with van der Waals surface area (Å²) in [6.45, 7) is 3.21. The summed E-state index contributed by atoms with van der Waals surface area (Å²) in [6, 6.07) is 1.93. The molecule has 0 spiro atoms. The van der Waals surface area contributed by atoms with Crippen molar-refractivity contribution < 1.29 is 14.0 Å². The highest BCUT2D eigenvalue weighted by molar-refractivity contribution is 5.80. The number of nitrogens with two attached hydrogens (primary N) is 1. The SMILES string of the molecule is Cc1cc(F)c(NC(C)C/C(N)=N/O)cc1F. The summed E-state index contributed by atoms with van der Waals surface area (Å²) in [6.07, 6.45) is 0.228. The Morgan fingerprint density at radius 2 is 2.12 bits per heavy atom. The van der Waals surface area contributed by atoms with E-state index < -0.39 is 11.6 Å². The van der Waals surface area contributed by atoms with Gasteiger partial charge in [0, 0.05) is 18.5 Å². The normalized spacial score (nSPS) is 13.5. The molecule has 1 rings (SSSR count). The van der Waals surface area contributed by atoms with Crippen molar-refractivity contribution >= 4 is 11.5 Å². The van der Waals surface area contributed by atoms with Gasteiger partial charge in [-0.2, -0.15) is 0 Å². The molecule has 4 N–H and O–H groups in total. The molecule has 0 aliphatic rings. The van der Waals surface area contributed by atoms with E-state index in [0.717, 1.165) is 12.1 Å². The Hall–Kier alpha value is -1.85. The molecule has 17 heavy (non-hydrogen) atoms. The van der Waals surface area contributed by atoms with Crippen LogP contribution in [0.15, 0.2) is 17.3 Å². The van der Waals surface area contributed by atoms with Crippen LogP contribution in [-0.4, -0.2) is 17.1 Å². The molecule has 0 aliphatic heterocycles. The van der Waals surface area contributed by atoms with Gasteiger partial charge in [-0.1, -0.05) is 5.16 Å². The van der Waals surface area contributed by atoms with Crippen molar-refractivity contribution in [3.05, 3.63) is 29.3 Å². The fraction of sp³-hybridized carbons (Fsp3) is 0.364. The molecule has 1 aromatic rings. The molecule has 0 saturated carbocycles. The van der Waals surface area contributed by atoms with Crippen molar-refractivity contribution in [2.75, 3.05) is 5.32 Å². The molecule has 0 heterocycles. The van der Waals surface area contributed by atoms with Gasteiger partial charge in [-0.05, 0) is 25.5 Å². The minimum absolute atomic E-state index is 0.0259. The lowest BCUT2D eigenvalue weighted by atomic mass is 10.1. The third-order valence-corrected chi connectivity index (χ3v) is 2.29. The predicted molar refractivity (Wildman–Crippen MR) is 62.2 cm³/mol. The fourth-order valence-electron chi connectivity index (χ4n) is 1.43. The molecule has 0 amide bonds. The Bertz CT molecular complexity index is 435. The topological polar surface area (TPSA) is 70.6 Å². The van der Waals surface area contributed by atoms with Gasteiger partial charge in [0.2, 0.25) is 0 Å². The van der Waals surface area contributed by atoms with Crippen LogP contribution in [0.1, 0.15) is 18.9 Å². The summed E-state index contributed by atoms with van der Waals surface area (Å²) < 4.78 is 26.7. The number of rotatable bonds is 4. The maximum absolute atomic E-state index is 13.5. The van der Waals surface area contributed by atoms with Crippen molar-refractivity contribution in [1.82, 2.24) is 0 Å². The largest absolute Gasteiger partial charge is 0.409 e. The smallest absolute Gasteiger partial charge is 0.146 e. The molecule has 0 aromatic heterocycles. The van der Waals surface area contributed by atoms with E-state index in [-0.39, 0.29) is 29.5 Å². The molecule has 1 aromatic carbocycles. The van der Waals surface area contributed by atoms with Crippen LogP contribution in [0.2, 0.25) is 0 Å². The predicted octanol–water partition coefficient (Wildman–Crippen LogP) is 2.21. The lowest BCUT2D eigenvalue weighted by Crippen LogP contribution is -2.24. The number of halogens is 2. The van der Waals surface area contributed by atoms with Crippen LogP contribution >= 0.6 is 0 Å². The quantitative estimate of drug-likeness (QED) is 0.328. The number of nitrogens with one attached hydrogen (secondary N) is 1. The summed E-state index contributed by atoms with van der Waals surface area (Å²) >= 11 is 0. The van der Waals surface area contributed by atoms with Crippen LogP contribution in [0, 0.1) is 18.6 Å². The van der Waals surface area contributed by atoms with E-state index in [2.05, 4.69) is 10.5 Å². The Morgan fingerprint density at radius 3 is 2.71 bits per heavy atom. The number of hydrogen-bond acceptors (Lipinski definition) is 3. The second-order valence-electron chi connectivity index (χ2n) is 3.92. The van der Waals surface area contributed by atoms with Crippen LogP contribution in [0.5, 0.6) is 0 Å². The maximum Gasteiger partial charge on any atom is 0.146 e. The van der Waals surface area contributed by atoms with Gasteiger partial charge in [0.15, 0.2) is 0 Å². The van der Waals surface area contributed by atoms with Crippen molar-refractivity contribution in [2.24, 2.45) is 10.9 Å². The molecule has 6 heteroatoms. The fourth-order valence-corrected chi connectivity index (χ4v) is 1.43. The zero-order chi connectivity index (χ0) is 13.0. The molecular formula is C11H15F2N3O. The van der Waals surface area contributed by atoms with Crippen molar-refractivity contribution in [3.63, 3.8) is 0 Å². The highest BCUT2D eigenvalue weighted by Gasteiger charge is 2.11. The van der Waals surface area contributed by atoms with E-state index in [1.54, 1.807) is 6.92 Å². The zero-order valence-corrected chi connectivity index (χ0v) is 9.67. The molecule has 0 radical (unpaired) electrons. The number of benzene rings is 1. The van der Waals surface area contributed by atoms with Crippen LogP contribution in [0.3, 0.4) is 0 Å². The molecule has 0 bridgehead atoms. The van der Waals surface area contributed by atoms with Gasteiger partial charge in [0.05, 0.1) is 5.69 Å².